The van der Waals surface area contributed by atoms with Crippen LogP contribution in [0.3, 0.4) is 0 Å². The Hall–Kier alpha value is -3.42. The first-order chi connectivity index (χ1) is 13.7. The lowest BCUT2D eigenvalue weighted by atomic mass is 10.0. The van der Waals surface area contributed by atoms with Gasteiger partial charge in [0.05, 0.1) is 6.04 Å². The van der Waals surface area contributed by atoms with Gasteiger partial charge in [-0.25, -0.2) is 4.98 Å². The molecule has 0 aliphatic carbocycles. The molecule has 1 saturated heterocycles. The molecule has 1 aliphatic heterocycles. The van der Waals surface area contributed by atoms with E-state index in [0.717, 1.165) is 19.3 Å². The van der Waals surface area contributed by atoms with Crippen molar-refractivity contribution in [3.05, 3.63) is 54.5 Å². The summed E-state index contributed by atoms with van der Waals surface area (Å²) in [6.07, 6.45) is 4.11. The van der Waals surface area contributed by atoms with Gasteiger partial charge in [0.25, 0.3) is 11.8 Å². The Morgan fingerprint density at radius 3 is 2.89 bits per heavy atom. The number of aromatic hydroxyl groups is 1. The van der Waals surface area contributed by atoms with Crippen LogP contribution in [0, 0.1) is 0 Å². The van der Waals surface area contributed by atoms with Crippen LogP contribution in [0.1, 0.15) is 31.1 Å². The van der Waals surface area contributed by atoms with Crippen molar-refractivity contribution in [2.24, 2.45) is 0 Å². The van der Waals surface area contributed by atoms with Crippen LogP contribution in [0.2, 0.25) is 0 Å². The molecule has 8 nitrogen and oxygen atoms in total. The van der Waals surface area contributed by atoms with E-state index in [9.17, 15) is 9.90 Å². The molecule has 8 heteroatoms. The van der Waals surface area contributed by atoms with Gasteiger partial charge in [0, 0.05) is 12.7 Å². The second-order valence-corrected chi connectivity index (χ2v) is 6.53. The number of carbonyl (C=O) groups excluding carboxylic acids is 1. The van der Waals surface area contributed by atoms with Gasteiger partial charge in [-0.15, -0.1) is 0 Å². The van der Waals surface area contributed by atoms with Gasteiger partial charge in [-0.1, -0.05) is 23.4 Å². The summed E-state index contributed by atoms with van der Waals surface area (Å²) in [6.45, 7) is 0.568. The molecule has 1 N–H and O–H groups in total. The third kappa shape index (κ3) is 3.80. The van der Waals surface area contributed by atoms with Crippen LogP contribution in [-0.4, -0.2) is 44.2 Å². The number of aromatic nitrogens is 3. The monoisotopic (exact) mass is 380 g/mol. The average Bonchev–Trinajstić information content (AvgIpc) is 3.23. The summed E-state index contributed by atoms with van der Waals surface area (Å²) in [4.78, 5) is 22.7. The lowest BCUT2D eigenvalue weighted by Gasteiger charge is -2.33. The molecule has 0 bridgehead atoms. The highest BCUT2D eigenvalue weighted by Gasteiger charge is 2.32. The predicted octanol–water partition coefficient (Wildman–Crippen LogP) is 2.97. The van der Waals surface area contributed by atoms with Crippen molar-refractivity contribution in [2.45, 2.75) is 25.3 Å². The van der Waals surface area contributed by atoms with Crippen LogP contribution in [0.25, 0.3) is 11.5 Å². The largest absolute Gasteiger partial charge is 0.493 e. The molecule has 28 heavy (non-hydrogen) atoms. The molecule has 4 rings (SSSR count). The summed E-state index contributed by atoms with van der Waals surface area (Å²) in [5.41, 5.74) is 0.363. The number of para-hydroxylation sites is 1. The zero-order valence-electron chi connectivity index (χ0n) is 15.2. The number of benzene rings is 1. The zero-order chi connectivity index (χ0) is 19.3. The summed E-state index contributed by atoms with van der Waals surface area (Å²) in [7, 11) is 0. The molecule has 0 radical (unpaired) electrons. The summed E-state index contributed by atoms with van der Waals surface area (Å²) in [6, 6.07) is 12.3. The van der Waals surface area contributed by atoms with Gasteiger partial charge >= 0.3 is 0 Å². The number of hydrogen-bond acceptors (Lipinski definition) is 7. The average molecular weight is 380 g/mol. The van der Waals surface area contributed by atoms with E-state index < -0.39 is 0 Å². The first-order valence-electron chi connectivity index (χ1n) is 9.17. The fourth-order valence-corrected chi connectivity index (χ4v) is 3.29. The van der Waals surface area contributed by atoms with Crippen LogP contribution in [0.15, 0.2) is 53.2 Å². The smallest absolute Gasteiger partial charge is 0.263 e. The Bertz CT molecular complexity index is 944. The third-order valence-electron chi connectivity index (χ3n) is 4.69. The molecule has 3 aromatic rings. The maximum absolute atomic E-state index is 12.8. The Morgan fingerprint density at radius 2 is 2.07 bits per heavy atom. The normalized spacial score (nSPS) is 16.7. The molecule has 144 valence electrons. The van der Waals surface area contributed by atoms with E-state index in [2.05, 4.69) is 15.1 Å². The lowest BCUT2D eigenvalue weighted by Crippen LogP contribution is -2.41. The van der Waals surface area contributed by atoms with E-state index >= 15 is 0 Å². The quantitative estimate of drug-likeness (QED) is 0.726. The van der Waals surface area contributed by atoms with Gasteiger partial charge in [-0.05, 0) is 43.5 Å². The number of piperidine rings is 1. The van der Waals surface area contributed by atoms with E-state index in [1.165, 1.54) is 6.20 Å². The molecule has 1 aliphatic rings. The molecular weight excluding hydrogens is 360 g/mol. The number of amides is 1. The standard InChI is InChI=1S/C20H20N4O4/c25-17(13-27-14-7-2-1-3-8-14)24-12-5-4-10-16(24)18-22-20(28-23-18)15-9-6-11-21-19(15)26/h1-3,6-9,11,16H,4-5,10,12-13H2,(H,21,26). The van der Waals surface area contributed by atoms with E-state index in [-0.39, 0.29) is 30.3 Å². The second-order valence-electron chi connectivity index (χ2n) is 6.53. The first-order valence-corrected chi connectivity index (χ1v) is 9.17. The van der Waals surface area contributed by atoms with Gasteiger partial charge in [0.15, 0.2) is 12.4 Å². The van der Waals surface area contributed by atoms with Crippen molar-refractivity contribution in [2.75, 3.05) is 13.2 Å². The molecule has 1 unspecified atom stereocenters. The first kappa shape index (κ1) is 18.0. The Labute approximate surface area is 161 Å². The molecule has 1 atom stereocenters. The van der Waals surface area contributed by atoms with Gasteiger partial charge in [-0.2, -0.15) is 4.98 Å². The van der Waals surface area contributed by atoms with Crippen molar-refractivity contribution in [3.8, 4) is 23.1 Å². The summed E-state index contributed by atoms with van der Waals surface area (Å²) in [5, 5.41) is 13.9. The molecule has 2 aromatic heterocycles. The van der Waals surface area contributed by atoms with Gasteiger partial charge < -0.3 is 19.3 Å². The molecule has 1 amide bonds. The van der Waals surface area contributed by atoms with Crippen molar-refractivity contribution in [1.29, 1.82) is 0 Å². The van der Waals surface area contributed by atoms with E-state index in [4.69, 9.17) is 9.26 Å². The second kappa shape index (κ2) is 8.08. The fraction of sp³-hybridized carbons (Fsp3) is 0.300. The summed E-state index contributed by atoms with van der Waals surface area (Å²) >= 11 is 0. The minimum Gasteiger partial charge on any atom is -0.493 e. The molecular formula is C20H20N4O4. The Balaban J connectivity index is 1.49. The summed E-state index contributed by atoms with van der Waals surface area (Å²) < 4.78 is 10.9. The highest BCUT2D eigenvalue weighted by atomic mass is 16.5. The molecule has 3 heterocycles. The van der Waals surface area contributed by atoms with Crippen LogP contribution < -0.4 is 4.74 Å². The molecule has 1 aromatic carbocycles. The highest BCUT2D eigenvalue weighted by molar-refractivity contribution is 5.78. The number of carbonyl (C=O) groups is 1. The van der Waals surface area contributed by atoms with Crippen LogP contribution in [0.4, 0.5) is 0 Å². The third-order valence-corrected chi connectivity index (χ3v) is 4.69. The molecule has 1 fully saturated rings. The zero-order valence-corrected chi connectivity index (χ0v) is 15.2. The SMILES string of the molecule is O=C(COc1ccccc1)N1CCCCC1c1noc(-c2cccnc2O)n1. The summed E-state index contributed by atoms with van der Waals surface area (Å²) in [5.74, 6) is 0.957. The number of nitrogens with zero attached hydrogens (tertiary/aromatic N) is 4. The van der Waals surface area contributed by atoms with Crippen molar-refractivity contribution in [1.82, 2.24) is 20.0 Å². The van der Waals surface area contributed by atoms with E-state index in [1.54, 1.807) is 17.0 Å². The maximum Gasteiger partial charge on any atom is 0.263 e. The lowest BCUT2D eigenvalue weighted by molar-refractivity contribution is -0.137. The van der Waals surface area contributed by atoms with Crippen molar-refractivity contribution >= 4 is 5.91 Å². The van der Waals surface area contributed by atoms with Crippen molar-refractivity contribution in [3.63, 3.8) is 0 Å². The van der Waals surface area contributed by atoms with Crippen LogP contribution >= 0.6 is 0 Å². The number of rotatable bonds is 5. The van der Waals surface area contributed by atoms with Crippen molar-refractivity contribution < 1.29 is 19.2 Å². The minimum atomic E-state index is -0.281. The van der Waals surface area contributed by atoms with Crippen LogP contribution in [0.5, 0.6) is 11.6 Å². The van der Waals surface area contributed by atoms with Gasteiger partial charge in [-0.3, -0.25) is 4.79 Å². The Kier molecular flexibility index (Phi) is 5.18. The fourth-order valence-electron chi connectivity index (χ4n) is 3.29. The van der Waals surface area contributed by atoms with E-state index in [1.807, 2.05) is 30.3 Å². The van der Waals surface area contributed by atoms with E-state index in [0.29, 0.717) is 23.7 Å². The number of likely N-dealkylation sites (tertiary alicyclic amines) is 1. The molecule has 0 spiro atoms. The molecule has 0 saturated carbocycles. The maximum atomic E-state index is 12.8. The number of ether oxygens (including phenoxy) is 1. The Morgan fingerprint density at radius 1 is 1.21 bits per heavy atom. The topological polar surface area (TPSA) is 102 Å². The number of hydrogen-bond donors (Lipinski definition) is 1. The van der Waals surface area contributed by atoms with Crippen LogP contribution in [-0.2, 0) is 4.79 Å². The highest BCUT2D eigenvalue weighted by Crippen LogP contribution is 2.32. The minimum absolute atomic E-state index is 0.0470. The van der Waals surface area contributed by atoms with Gasteiger partial charge in [0.2, 0.25) is 5.88 Å². The van der Waals surface area contributed by atoms with Gasteiger partial charge in [0.1, 0.15) is 11.3 Å². The predicted molar refractivity (Wildman–Crippen MR) is 99.4 cm³/mol. The number of pyridine rings is 1.